The monoisotopic (exact) mass is 365 g/mol. The van der Waals surface area contributed by atoms with Crippen molar-refractivity contribution in [1.29, 1.82) is 0 Å². The largest absolute Gasteiger partial charge is 0.378 e. The number of halogens is 2. The fourth-order valence-electron chi connectivity index (χ4n) is 2.52. The Hall–Kier alpha value is -2.19. The van der Waals surface area contributed by atoms with Crippen molar-refractivity contribution >= 4 is 29.0 Å². The first-order valence-electron chi connectivity index (χ1n) is 7.77. The van der Waals surface area contributed by atoms with Gasteiger partial charge in [-0.25, -0.2) is 0 Å². The van der Waals surface area contributed by atoms with Gasteiger partial charge in [-0.1, -0.05) is 23.9 Å². The predicted octanol–water partition coefficient (Wildman–Crippen LogP) is 3.49. The van der Waals surface area contributed by atoms with Gasteiger partial charge in [0.25, 0.3) is 11.7 Å². The van der Waals surface area contributed by atoms with Crippen LogP contribution < -0.4 is 10.2 Å². The van der Waals surface area contributed by atoms with Crippen LogP contribution in [0, 0.1) is 0 Å². The van der Waals surface area contributed by atoms with E-state index >= 15 is 0 Å². The van der Waals surface area contributed by atoms with Crippen LogP contribution in [0.15, 0.2) is 47.5 Å². The van der Waals surface area contributed by atoms with E-state index in [4.69, 9.17) is 4.74 Å². The number of hydrogen-bond donors (Lipinski definition) is 1. The van der Waals surface area contributed by atoms with Gasteiger partial charge in [-0.3, -0.25) is 9.78 Å². The molecule has 5 nitrogen and oxygen atoms in total. The number of anilines is 2. The third-order valence-corrected chi connectivity index (χ3v) is 4.49. The standard InChI is InChI=1S/C17H17F2N3O2S/c18-17(19)25-15-4-2-1-3-13(15)21-16(23)14-11-12(5-6-20-14)22-7-9-24-10-8-22/h1-6,11,17H,7-10H2,(H,21,23). The summed E-state index contributed by atoms with van der Waals surface area (Å²) in [5, 5.41) is 2.66. The Morgan fingerprint density at radius 1 is 1.24 bits per heavy atom. The Labute approximate surface area is 148 Å². The zero-order chi connectivity index (χ0) is 17.6. The van der Waals surface area contributed by atoms with Gasteiger partial charge in [0.05, 0.1) is 18.9 Å². The Kier molecular flexibility index (Phi) is 5.83. The van der Waals surface area contributed by atoms with Crippen molar-refractivity contribution < 1.29 is 18.3 Å². The molecule has 1 fully saturated rings. The summed E-state index contributed by atoms with van der Waals surface area (Å²) in [5.41, 5.74) is 1.47. The highest BCUT2D eigenvalue weighted by Gasteiger charge is 2.16. The Morgan fingerprint density at radius 3 is 2.76 bits per heavy atom. The molecule has 1 saturated heterocycles. The molecule has 0 saturated carbocycles. The van der Waals surface area contributed by atoms with E-state index in [1.807, 2.05) is 6.07 Å². The van der Waals surface area contributed by atoms with Crippen LogP contribution in [0.3, 0.4) is 0 Å². The number of alkyl halides is 2. The molecule has 1 N–H and O–H groups in total. The number of rotatable bonds is 5. The van der Waals surface area contributed by atoms with E-state index in [0.717, 1.165) is 18.8 Å². The number of para-hydroxylation sites is 1. The molecule has 25 heavy (non-hydrogen) atoms. The minimum atomic E-state index is -2.55. The van der Waals surface area contributed by atoms with E-state index in [1.54, 1.807) is 36.5 Å². The normalized spacial score (nSPS) is 14.6. The third kappa shape index (κ3) is 4.67. The summed E-state index contributed by atoms with van der Waals surface area (Å²) >= 11 is 0.398. The maximum absolute atomic E-state index is 12.6. The Balaban J connectivity index is 1.75. The highest BCUT2D eigenvalue weighted by atomic mass is 32.2. The van der Waals surface area contributed by atoms with Gasteiger partial charge in [0.2, 0.25) is 0 Å². The molecule has 0 bridgehead atoms. The van der Waals surface area contributed by atoms with Crippen molar-refractivity contribution in [2.24, 2.45) is 0 Å². The summed E-state index contributed by atoms with van der Waals surface area (Å²) in [6, 6.07) is 10.0. The summed E-state index contributed by atoms with van der Waals surface area (Å²) in [5.74, 6) is -2.99. The van der Waals surface area contributed by atoms with Gasteiger partial charge in [0.15, 0.2) is 0 Å². The first kappa shape index (κ1) is 17.6. The van der Waals surface area contributed by atoms with Crippen LogP contribution in [0.1, 0.15) is 10.5 Å². The van der Waals surface area contributed by atoms with Gasteiger partial charge in [0, 0.05) is 29.9 Å². The van der Waals surface area contributed by atoms with Crippen LogP contribution in [0.2, 0.25) is 0 Å². The highest BCUT2D eigenvalue weighted by Crippen LogP contribution is 2.31. The smallest absolute Gasteiger partial charge is 0.288 e. The molecule has 0 spiro atoms. The molecule has 1 aliphatic heterocycles. The molecule has 1 aromatic carbocycles. The van der Waals surface area contributed by atoms with Crippen molar-refractivity contribution in [3.8, 4) is 0 Å². The molecule has 8 heteroatoms. The van der Waals surface area contributed by atoms with Crippen molar-refractivity contribution in [2.45, 2.75) is 10.7 Å². The van der Waals surface area contributed by atoms with Gasteiger partial charge in [0.1, 0.15) is 5.69 Å². The summed E-state index contributed by atoms with van der Waals surface area (Å²) in [6.45, 7) is 2.78. The molecule has 1 amide bonds. The third-order valence-electron chi connectivity index (χ3n) is 3.70. The number of carbonyl (C=O) groups excluding carboxylic acids is 1. The molecule has 0 radical (unpaired) electrons. The molecule has 3 rings (SSSR count). The highest BCUT2D eigenvalue weighted by molar-refractivity contribution is 7.99. The van der Waals surface area contributed by atoms with Crippen molar-refractivity contribution in [3.63, 3.8) is 0 Å². The lowest BCUT2D eigenvalue weighted by Gasteiger charge is -2.28. The molecule has 0 atom stereocenters. The van der Waals surface area contributed by atoms with Crippen LogP contribution in [0.4, 0.5) is 20.2 Å². The number of carbonyl (C=O) groups is 1. The van der Waals surface area contributed by atoms with E-state index in [9.17, 15) is 13.6 Å². The molecular formula is C17H17F2N3O2S. The predicted molar refractivity (Wildman–Crippen MR) is 93.5 cm³/mol. The second-order valence-corrected chi connectivity index (χ2v) is 6.36. The molecule has 132 valence electrons. The zero-order valence-electron chi connectivity index (χ0n) is 13.3. The lowest BCUT2D eigenvalue weighted by molar-refractivity contribution is 0.102. The summed E-state index contributed by atoms with van der Waals surface area (Å²) in [4.78, 5) is 19.0. The van der Waals surface area contributed by atoms with Gasteiger partial charge in [-0.15, -0.1) is 0 Å². The number of pyridine rings is 1. The molecule has 2 aromatic rings. The van der Waals surface area contributed by atoms with Crippen molar-refractivity contribution in [1.82, 2.24) is 4.98 Å². The van der Waals surface area contributed by atoms with Crippen molar-refractivity contribution in [2.75, 3.05) is 36.5 Å². The second-order valence-electron chi connectivity index (χ2n) is 5.33. The fourth-order valence-corrected chi connectivity index (χ4v) is 3.11. The van der Waals surface area contributed by atoms with E-state index < -0.39 is 11.7 Å². The SMILES string of the molecule is O=C(Nc1ccccc1SC(F)F)c1cc(N2CCOCC2)ccn1. The van der Waals surface area contributed by atoms with Gasteiger partial charge in [-0.2, -0.15) is 8.78 Å². The quantitative estimate of drug-likeness (QED) is 0.822. The number of nitrogens with zero attached hydrogens (tertiary/aromatic N) is 2. The first-order valence-corrected chi connectivity index (χ1v) is 8.65. The zero-order valence-corrected chi connectivity index (χ0v) is 14.1. The molecule has 0 aliphatic carbocycles. The topological polar surface area (TPSA) is 54.5 Å². The number of hydrogen-bond acceptors (Lipinski definition) is 5. The van der Waals surface area contributed by atoms with Gasteiger partial charge >= 0.3 is 0 Å². The minimum Gasteiger partial charge on any atom is -0.378 e. The average molecular weight is 365 g/mol. The number of benzene rings is 1. The molecule has 1 aliphatic rings. The summed E-state index contributed by atoms with van der Waals surface area (Å²) in [6.07, 6.45) is 1.57. The van der Waals surface area contributed by atoms with Crippen LogP contribution in [0.5, 0.6) is 0 Å². The minimum absolute atomic E-state index is 0.237. The van der Waals surface area contributed by atoms with E-state index in [1.165, 1.54) is 0 Å². The molecule has 0 unspecified atom stereocenters. The lowest BCUT2D eigenvalue weighted by Crippen LogP contribution is -2.36. The molecule has 1 aromatic heterocycles. The van der Waals surface area contributed by atoms with Gasteiger partial charge in [-0.05, 0) is 24.3 Å². The lowest BCUT2D eigenvalue weighted by atomic mass is 10.2. The maximum Gasteiger partial charge on any atom is 0.288 e. The van der Waals surface area contributed by atoms with Crippen LogP contribution in [0.25, 0.3) is 0 Å². The maximum atomic E-state index is 12.6. The Morgan fingerprint density at radius 2 is 2.00 bits per heavy atom. The van der Waals surface area contributed by atoms with Crippen LogP contribution in [-0.2, 0) is 4.74 Å². The van der Waals surface area contributed by atoms with Gasteiger partial charge < -0.3 is 15.0 Å². The second kappa shape index (κ2) is 8.26. The van der Waals surface area contributed by atoms with Crippen LogP contribution >= 0.6 is 11.8 Å². The number of thioether (sulfide) groups is 1. The van der Waals surface area contributed by atoms with E-state index in [2.05, 4.69) is 15.2 Å². The number of nitrogens with one attached hydrogen (secondary N) is 1. The molecular weight excluding hydrogens is 348 g/mol. The summed E-state index contributed by atoms with van der Waals surface area (Å²) in [7, 11) is 0. The number of morpholine rings is 1. The number of amides is 1. The summed E-state index contributed by atoms with van der Waals surface area (Å²) < 4.78 is 30.6. The first-order chi connectivity index (χ1) is 12.1. The Bertz CT molecular complexity index is 739. The number of aromatic nitrogens is 1. The van der Waals surface area contributed by atoms with Crippen LogP contribution in [-0.4, -0.2) is 43.0 Å². The van der Waals surface area contributed by atoms with E-state index in [0.29, 0.717) is 35.6 Å². The van der Waals surface area contributed by atoms with Crippen molar-refractivity contribution in [3.05, 3.63) is 48.3 Å². The fraction of sp³-hybridized carbons (Fsp3) is 0.294. The average Bonchev–Trinajstić information content (AvgIpc) is 2.64. The number of ether oxygens (including phenoxy) is 1. The van der Waals surface area contributed by atoms with E-state index in [-0.39, 0.29) is 5.69 Å². The molecule has 2 heterocycles.